The van der Waals surface area contributed by atoms with Crippen molar-refractivity contribution in [3.8, 4) is 0 Å². The van der Waals surface area contributed by atoms with Crippen LogP contribution in [-0.2, 0) is 9.84 Å². The summed E-state index contributed by atoms with van der Waals surface area (Å²) in [4.78, 5) is 0. The van der Waals surface area contributed by atoms with E-state index in [1.165, 1.54) is 12.8 Å². The third kappa shape index (κ3) is 6.74. The van der Waals surface area contributed by atoms with Gasteiger partial charge in [-0.05, 0) is 31.2 Å². The topological polar surface area (TPSA) is 46.2 Å². The Labute approximate surface area is 114 Å². The fourth-order valence-corrected chi connectivity index (χ4v) is 3.27. The largest absolute Gasteiger partial charge is 0.316 e. The van der Waals surface area contributed by atoms with Crippen molar-refractivity contribution in [2.75, 3.05) is 24.6 Å². The molecule has 0 radical (unpaired) electrons. The number of nitrogens with one attached hydrogen (secondary N) is 1. The summed E-state index contributed by atoms with van der Waals surface area (Å²) in [6, 6.07) is 0. The molecular formula is C14H31NO2S. The lowest BCUT2D eigenvalue weighted by molar-refractivity contribution is 0.224. The highest BCUT2D eigenvalue weighted by Crippen LogP contribution is 2.32. The van der Waals surface area contributed by atoms with Gasteiger partial charge >= 0.3 is 0 Å². The van der Waals surface area contributed by atoms with E-state index in [9.17, 15) is 8.42 Å². The first-order valence-electron chi connectivity index (χ1n) is 7.36. The van der Waals surface area contributed by atoms with E-state index >= 15 is 0 Å². The number of sulfone groups is 1. The van der Waals surface area contributed by atoms with Crippen molar-refractivity contribution in [1.82, 2.24) is 5.32 Å². The maximum atomic E-state index is 11.7. The van der Waals surface area contributed by atoms with Crippen molar-refractivity contribution >= 4 is 9.84 Å². The van der Waals surface area contributed by atoms with E-state index in [1.54, 1.807) is 6.92 Å². The average molecular weight is 277 g/mol. The molecule has 0 aliphatic rings. The number of rotatable bonds is 11. The molecule has 0 aromatic rings. The zero-order chi connectivity index (χ0) is 14.1. The van der Waals surface area contributed by atoms with Gasteiger partial charge < -0.3 is 5.32 Å². The van der Waals surface area contributed by atoms with Crippen LogP contribution in [0.25, 0.3) is 0 Å². The third-order valence-electron chi connectivity index (χ3n) is 3.94. The summed E-state index contributed by atoms with van der Waals surface area (Å²) < 4.78 is 23.4. The van der Waals surface area contributed by atoms with Crippen LogP contribution in [0.1, 0.15) is 59.8 Å². The van der Waals surface area contributed by atoms with E-state index in [4.69, 9.17) is 0 Å². The Morgan fingerprint density at radius 2 is 1.72 bits per heavy atom. The Morgan fingerprint density at radius 1 is 1.06 bits per heavy atom. The van der Waals surface area contributed by atoms with Gasteiger partial charge in [-0.15, -0.1) is 0 Å². The molecule has 1 atom stereocenters. The van der Waals surface area contributed by atoms with Gasteiger partial charge in [-0.25, -0.2) is 8.42 Å². The van der Waals surface area contributed by atoms with Crippen LogP contribution in [0, 0.1) is 5.41 Å². The van der Waals surface area contributed by atoms with E-state index in [1.807, 2.05) is 0 Å². The van der Waals surface area contributed by atoms with Crippen LogP contribution in [0.5, 0.6) is 0 Å². The van der Waals surface area contributed by atoms with Crippen LogP contribution < -0.4 is 5.32 Å². The molecule has 0 bridgehead atoms. The van der Waals surface area contributed by atoms with Crippen molar-refractivity contribution in [1.29, 1.82) is 0 Å². The lowest BCUT2D eigenvalue weighted by Crippen LogP contribution is -2.35. The predicted octanol–water partition coefficient (Wildman–Crippen LogP) is 3.01. The highest BCUT2D eigenvalue weighted by atomic mass is 32.2. The quantitative estimate of drug-likeness (QED) is 0.631. The minimum absolute atomic E-state index is 0.161. The standard InChI is InChI=1S/C14H31NO2S/c1-5-9-10-14(6-2,13-15-7-3)11-12-18(16,17)8-4/h15H,5-13H2,1-4H3. The van der Waals surface area contributed by atoms with Crippen LogP contribution >= 0.6 is 0 Å². The highest BCUT2D eigenvalue weighted by Gasteiger charge is 2.28. The number of unbranched alkanes of at least 4 members (excludes halogenated alkanes) is 1. The zero-order valence-corrected chi connectivity index (χ0v) is 13.4. The molecule has 18 heavy (non-hydrogen) atoms. The van der Waals surface area contributed by atoms with E-state index in [0.29, 0.717) is 5.75 Å². The molecule has 0 heterocycles. The van der Waals surface area contributed by atoms with Gasteiger partial charge in [0, 0.05) is 12.3 Å². The van der Waals surface area contributed by atoms with Crippen molar-refractivity contribution in [2.45, 2.75) is 59.8 Å². The lowest BCUT2D eigenvalue weighted by atomic mass is 9.77. The van der Waals surface area contributed by atoms with Gasteiger partial charge in [0.05, 0.1) is 5.75 Å². The van der Waals surface area contributed by atoms with Gasteiger partial charge in [-0.1, -0.05) is 40.5 Å². The van der Waals surface area contributed by atoms with Gasteiger partial charge in [0.25, 0.3) is 0 Å². The third-order valence-corrected chi connectivity index (χ3v) is 5.65. The molecule has 1 N–H and O–H groups in total. The molecule has 0 saturated carbocycles. The summed E-state index contributed by atoms with van der Waals surface area (Å²) in [7, 11) is -2.84. The molecule has 110 valence electrons. The zero-order valence-electron chi connectivity index (χ0n) is 12.6. The average Bonchev–Trinajstić information content (AvgIpc) is 2.38. The fraction of sp³-hybridized carbons (Fsp3) is 1.00. The summed E-state index contributed by atoms with van der Waals surface area (Å²) in [6.45, 7) is 10.1. The molecule has 0 aromatic carbocycles. The summed E-state index contributed by atoms with van der Waals surface area (Å²) in [6.07, 6.45) is 5.35. The minimum atomic E-state index is -2.84. The Balaban J connectivity index is 4.61. The van der Waals surface area contributed by atoms with Crippen LogP contribution in [0.3, 0.4) is 0 Å². The van der Waals surface area contributed by atoms with Gasteiger partial charge in [0.1, 0.15) is 9.84 Å². The van der Waals surface area contributed by atoms with E-state index < -0.39 is 9.84 Å². The van der Waals surface area contributed by atoms with Gasteiger partial charge in [0.15, 0.2) is 0 Å². The molecule has 0 aromatic heterocycles. The Hall–Kier alpha value is -0.0900. The molecule has 0 rings (SSSR count). The predicted molar refractivity (Wildman–Crippen MR) is 79.7 cm³/mol. The molecule has 4 heteroatoms. The maximum absolute atomic E-state index is 11.7. The van der Waals surface area contributed by atoms with E-state index in [-0.39, 0.29) is 11.2 Å². The Bertz CT molecular complexity index is 291. The molecule has 0 aliphatic heterocycles. The van der Waals surface area contributed by atoms with Crippen LogP contribution in [0.4, 0.5) is 0 Å². The molecule has 0 aliphatic carbocycles. The Kier molecular flexibility index (Phi) is 8.87. The second-order valence-electron chi connectivity index (χ2n) is 5.22. The first-order chi connectivity index (χ1) is 8.45. The van der Waals surface area contributed by atoms with Crippen molar-refractivity contribution in [2.24, 2.45) is 5.41 Å². The lowest BCUT2D eigenvalue weighted by Gasteiger charge is -2.33. The van der Waals surface area contributed by atoms with Crippen molar-refractivity contribution < 1.29 is 8.42 Å². The summed E-state index contributed by atoms with van der Waals surface area (Å²) >= 11 is 0. The molecule has 0 saturated heterocycles. The number of hydrogen-bond donors (Lipinski definition) is 1. The second kappa shape index (κ2) is 8.92. The molecular weight excluding hydrogens is 246 g/mol. The minimum Gasteiger partial charge on any atom is -0.316 e. The number of hydrogen-bond acceptors (Lipinski definition) is 3. The van der Waals surface area contributed by atoms with E-state index in [2.05, 4.69) is 26.1 Å². The van der Waals surface area contributed by atoms with Gasteiger partial charge in [-0.2, -0.15) is 0 Å². The first-order valence-corrected chi connectivity index (χ1v) is 9.18. The van der Waals surface area contributed by atoms with Gasteiger partial charge in [0.2, 0.25) is 0 Å². The summed E-state index contributed by atoms with van der Waals surface area (Å²) in [5.41, 5.74) is 0.161. The van der Waals surface area contributed by atoms with Crippen LogP contribution in [-0.4, -0.2) is 33.0 Å². The highest BCUT2D eigenvalue weighted by molar-refractivity contribution is 7.91. The Morgan fingerprint density at radius 3 is 2.17 bits per heavy atom. The van der Waals surface area contributed by atoms with Crippen molar-refractivity contribution in [3.05, 3.63) is 0 Å². The SMILES string of the molecule is CCCCC(CC)(CCS(=O)(=O)CC)CNCC. The molecule has 0 spiro atoms. The summed E-state index contributed by atoms with van der Waals surface area (Å²) in [5, 5.41) is 3.41. The summed E-state index contributed by atoms with van der Waals surface area (Å²) in [5.74, 6) is 0.605. The maximum Gasteiger partial charge on any atom is 0.150 e. The molecule has 3 nitrogen and oxygen atoms in total. The normalized spacial score (nSPS) is 15.6. The fourth-order valence-electron chi connectivity index (χ4n) is 2.24. The van der Waals surface area contributed by atoms with Crippen molar-refractivity contribution in [3.63, 3.8) is 0 Å². The van der Waals surface area contributed by atoms with E-state index in [0.717, 1.165) is 32.4 Å². The molecule has 1 unspecified atom stereocenters. The van der Waals surface area contributed by atoms with Crippen LogP contribution in [0.2, 0.25) is 0 Å². The van der Waals surface area contributed by atoms with Gasteiger partial charge in [-0.3, -0.25) is 0 Å². The monoisotopic (exact) mass is 277 g/mol. The smallest absolute Gasteiger partial charge is 0.150 e. The molecule has 0 amide bonds. The first kappa shape index (κ1) is 17.9. The second-order valence-corrected chi connectivity index (χ2v) is 7.70. The molecule has 0 fully saturated rings. The van der Waals surface area contributed by atoms with Crippen LogP contribution in [0.15, 0.2) is 0 Å².